The quantitative estimate of drug-likeness (QED) is 0.303. The number of carbonyl (C=O) groups is 1. The average Bonchev–Trinajstić information content (AvgIpc) is 3.29. The van der Waals surface area contributed by atoms with Crippen molar-refractivity contribution < 1.29 is 14.6 Å². The van der Waals surface area contributed by atoms with Gasteiger partial charge in [0.25, 0.3) is 0 Å². The van der Waals surface area contributed by atoms with Gasteiger partial charge in [-0.2, -0.15) is 5.10 Å². The predicted molar refractivity (Wildman–Crippen MR) is 122 cm³/mol. The van der Waals surface area contributed by atoms with Crippen LogP contribution in [0.25, 0.3) is 16.8 Å². The fourth-order valence-corrected chi connectivity index (χ4v) is 3.53. The third-order valence-corrected chi connectivity index (χ3v) is 5.07. The lowest BCUT2D eigenvalue weighted by Gasteiger charge is -2.12. The highest BCUT2D eigenvalue weighted by atomic mass is 16.5. The number of benzene rings is 3. The molecule has 0 spiro atoms. The van der Waals surface area contributed by atoms with Gasteiger partial charge in [0.15, 0.2) is 0 Å². The molecule has 0 aliphatic heterocycles. The van der Waals surface area contributed by atoms with Gasteiger partial charge in [-0.3, -0.25) is 4.68 Å². The molecule has 0 radical (unpaired) electrons. The molecule has 1 N–H and O–H groups in total. The Hall–Kier alpha value is -3.86. The van der Waals surface area contributed by atoms with Gasteiger partial charge in [0.1, 0.15) is 5.75 Å². The van der Waals surface area contributed by atoms with Crippen molar-refractivity contribution in [2.75, 3.05) is 6.61 Å². The van der Waals surface area contributed by atoms with Crippen LogP contribution in [0.5, 0.6) is 5.75 Å². The number of hydrogen-bond acceptors (Lipinski definition) is 3. The smallest absolute Gasteiger partial charge is 0.328 e. The highest BCUT2D eigenvalue weighted by molar-refractivity contribution is 5.86. The van der Waals surface area contributed by atoms with Crippen LogP contribution in [-0.4, -0.2) is 27.5 Å². The Kier molecular flexibility index (Phi) is 6.43. The SMILES string of the molecule is O=C(O)C=Cc1ccc(Cn2cccn2)cc1OCCCc1ccc2ccccc2c1. The van der Waals surface area contributed by atoms with Gasteiger partial charge in [-0.05, 0) is 52.9 Å². The van der Waals surface area contributed by atoms with Gasteiger partial charge in [0.2, 0.25) is 0 Å². The van der Waals surface area contributed by atoms with Gasteiger partial charge in [0, 0.05) is 24.0 Å². The van der Waals surface area contributed by atoms with Gasteiger partial charge in [-0.25, -0.2) is 4.79 Å². The molecule has 5 nitrogen and oxygen atoms in total. The van der Waals surface area contributed by atoms with E-state index in [1.807, 2.05) is 41.2 Å². The molecule has 0 saturated heterocycles. The summed E-state index contributed by atoms with van der Waals surface area (Å²) in [5.74, 6) is -0.302. The van der Waals surface area contributed by atoms with E-state index in [0.29, 0.717) is 18.9 Å². The first-order valence-electron chi connectivity index (χ1n) is 10.3. The molecule has 156 valence electrons. The third-order valence-electron chi connectivity index (χ3n) is 5.07. The van der Waals surface area contributed by atoms with Crippen LogP contribution < -0.4 is 4.74 Å². The molecule has 0 atom stereocenters. The van der Waals surface area contributed by atoms with Crippen LogP contribution in [0.4, 0.5) is 0 Å². The van der Waals surface area contributed by atoms with Crippen LogP contribution in [-0.2, 0) is 17.8 Å². The lowest BCUT2D eigenvalue weighted by atomic mass is 10.0. The van der Waals surface area contributed by atoms with Crippen molar-refractivity contribution >= 4 is 22.8 Å². The van der Waals surface area contributed by atoms with Crippen LogP contribution in [0.1, 0.15) is 23.1 Å². The summed E-state index contributed by atoms with van der Waals surface area (Å²) in [5, 5.41) is 15.7. The molecule has 0 fully saturated rings. The van der Waals surface area contributed by atoms with Gasteiger partial charge in [0.05, 0.1) is 13.2 Å². The molecule has 0 amide bonds. The van der Waals surface area contributed by atoms with Crippen LogP contribution in [0, 0.1) is 0 Å². The molecular weight excluding hydrogens is 388 g/mol. The molecule has 4 aromatic rings. The summed E-state index contributed by atoms with van der Waals surface area (Å²) >= 11 is 0. The molecular formula is C26H24N2O3. The molecule has 0 bridgehead atoms. The Bertz CT molecular complexity index is 1200. The second-order valence-electron chi connectivity index (χ2n) is 7.38. The lowest BCUT2D eigenvalue weighted by Crippen LogP contribution is -2.04. The zero-order valence-corrected chi connectivity index (χ0v) is 17.1. The van der Waals surface area contributed by atoms with E-state index in [-0.39, 0.29) is 0 Å². The number of ether oxygens (including phenoxy) is 1. The molecule has 0 unspecified atom stereocenters. The monoisotopic (exact) mass is 412 g/mol. The van der Waals surface area contributed by atoms with E-state index >= 15 is 0 Å². The fraction of sp³-hybridized carbons (Fsp3) is 0.154. The van der Waals surface area contributed by atoms with Crippen LogP contribution in [0.3, 0.4) is 0 Å². The maximum Gasteiger partial charge on any atom is 0.328 e. The zero-order valence-electron chi connectivity index (χ0n) is 17.1. The number of fused-ring (bicyclic) bond motifs is 1. The first kappa shape index (κ1) is 20.4. The summed E-state index contributed by atoms with van der Waals surface area (Å²) in [7, 11) is 0. The number of hydrogen-bond donors (Lipinski definition) is 1. The van der Waals surface area contributed by atoms with Crippen molar-refractivity contribution in [2.45, 2.75) is 19.4 Å². The molecule has 4 rings (SSSR count). The first-order chi connectivity index (χ1) is 15.2. The number of carboxylic acids is 1. The van der Waals surface area contributed by atoms with E-state index in [0.717, 1.165) is 30.0 Å². The zero-order chi connectivity index (χ0) is 21.5. The van der Waals surface area contributed by atoms with E-state index in [4.69, 9.17) is 9.84 Å². The van der Waals surface area contributed by atoms with Gasteiger partial charge in [-0.1, -0.05) is 54.6 Å². The Labute approximate surface area is 181 Å². The van der Waals surface area contributed by atoms with E-state index in [2.05, 4.69) is 41.5 Å². The fourth-order valence-electron chi connectivity index (χ4n) is 3.53. The molecule has 1 aromatic heterocycles. The van der Waals surface area contributed by atoms with Crippen LogP contribution in [0.15, 0.2) is 85.2 Å². The Morgan fingerprint density at radius 3 is 2.65 bits per heavy atom. The topological polar surface area (TPSA) is 64.3 Å². The van der Waals surface area contributed by atoms with Gasteiger partial charge < -0.3 is 9.84 Å². The number of nitrogens with zero attached hydrogens (tertiary/aromatic N) is 2. The van der Waals surface area contributed by atoms with Crippen molar-refractivity contribution in [3.8, 4) is 5.75 Å². The van der Waals surface area contributed by atoms with E-state index in [1.54, 1.807) is 12.3 Å². The van der Waals surface area contributed by atoms with Gasteiger partial charge in [-0.15, -0.1) is 0 Å². The maximum absolute atomic E-state index is 10.9. The molecule has 31 heavy (non-hydrogen) atoms. The normalized spacial score (nSPS) is 11.2. The number of rotatable bonds is 9. The third kappa shape index (κ3) is 5.60. The van der Waals surface area contributed by atoms with Crippen molar-refractivity contribution in [3.63, 3.8) is 0 Å². The molecule has 3 aromatic carbocycles. The largest absolute Gasteiger partial charge is 0.493 e. The number of aryl methyl sites for hydroxylation is 1. The Morgan fingerprint density at radius 2 is 1.84 bits per heavy atom. The molecule has 5 heteroatoms. The second-order valence-corrected chi connectivity index (χ2v) is 7.38. The maximum atomic E-state index is 10.9. The molecule has 1 heterocycles. The van der Waals surface area contributed by atoms with E-state index in [9.17, 15) is 4.79 Å². The van der Waals surface area contributed by atoms with Crippen molar-refractivity contribution in [2.24, 2.45) is 0 Å². The Morgan fingerprint density at radius 1 is 1.00 bits per heavy atom. The summed E-state index contributed by atoms with van der Waals surface area (Å²) in [6.45, 7) is 1.18. The van der Waals surface area contributed by atoms with Crippen LogP contribution >= 0.6 is 0 Å². The second kappa shape index (κ2) is 9.76. The van der Waals surface area contributed by atoms with E-state index < -0.39 is 5.97 Å². The standard InChI is InChI=1S/C26H24N2O3/c29-26(30)13-12-23-11-9-21(19-28-15-4-14-27-28)18-25(23)31-16-3-5-20-8-10-22-6-1-2-7-24(22)17-20/h1-2,4,6-15,17-18H,3,5,16,19H2,(H,29,30). The van der Waals surface area contributed by atoms with Crippen LogP contribution in [0.2, 0.25) is 0 Å². The minimum Gasteiger partial charge on any atom is -0.493 e. The summed E-state index contributed by atoms with van der Waals surface area (Å²) in [4.78, 5) is 10.9. The number of aromatic nitrogens is 2. The average molecular weight is 412 g/mol. The summed E-state index contributed by atoms with van der Waals surface area (Å²) < 4.78 is 7.90. The summed E-state index contributed by atoms with van der Waals surface area (Å²) in [6.07, 6.45) is 8.13. The lowest BCUT2D eigenvalue weighted by molar-refractivity contribution is -0.131. The first-order valence-corrected chi connectivity index (χ1v) is 10.3. The minimum absolute atomic E-state index is 0.548. The minimum atomic E-state index is -0.983. The van der Waals surface area contributed by atoms with Gasteiger partial charge >= 0.3 is 5.97 Å². The molecule has 0 aliphatic rings. The Balaban J connectivity index is 1.42. The van der Waals surface area contributed by atoms with Crippen molar-refractivity contribution in [3.05, 3.63) is 102 Å². The summed E-state index contributed by atoms with van der Waals surface area (Å²) in [6, 6.07) is 22.6. The molecule has 0 aliphatic carbocycles. The highest BCUT2D eigenvalue weighted by Crippen LogP contribution is 2.23. The highest BCUT2D eigenvalue weighted by Gasteiger charge is 2.06. The summed E-state index contributed by atoms with van der Waals surface area (Å²) in [5.41, 5.74) is 3.07. The van der Waals surface area contributed by atoms with E-state index in [1.165, 1.54) is 16.3 Å². The number of aliphatic carboxylic acids is 1. The number of carboxylic acid groups (broad SMARTS) is 1. The van der Waals surface area contributed by atoms with Crippen molar-refractivity contribution in [1.82, 2.24) is 9.78 Å². The molecule has 0 saturated carbocycles. The van der Waals surface area contributed by atoms with Crippen molar-refractivity contribution in [1.29, 1.82) is 0 Å². The predicted octanol–water partition coefficient (Wildman–Crippen LogP) is 5.19.